The molecule has 1 aromatic carbocycles. The summed E-state index contributed by atoms with van der Waals surface area (Å²) in [6, 6.07) is 9.33. The predicted octanol–water partition coefficient (Wildman–Crippen LogP) is 3.00. The smallest absolute Gasteiger partial charge is 0.433 e. The molecule has 1 aliphatic heterocycles. The number of nitrogens with one attached hydrogen (secondary N) is 1. The van der Waals surface area contributed by atoms with Crippen molar-refractivity contribution in [1.29, 1.82) is 0 Å². The van der Waals surface area contributed by atoms with Gasteiger partial charge in [0.15, 0.2) is 0 Å². The monoisotopic (exact) mass is 378 g/mol. The highest BCUT2D eigenvalue weighted by atomic mass is 19.4. The first-order valence-corrected chi connectivity index (χ1v) is 8.21. The standard InChI is InChI=1S/C18H17F3N4O2/c19-18(20,21)15-8-4-12(9-23-15)16(26)24-13-5-1-11(2-6-13)3-7-14-10-27-17(22)25-14/h1-2,4-6,8-9,14H,3,7,10H2,(H2,22,25)(H,24,26)/t14-/m0/s1. The number of anilines is 1. The van der Waals surface area contributed by atoms with Gasteiger partial charge in [0.2, 0.25) is 0 Å². The van der Waals surface area contributed by atoms with Crippen molar-refractivity contribution in [2.45, 2.75) is 25.1 Å². The van der Waals surface area contributed by atoms with Crippen LogP contribution in [0.1, 0.15) is 28.0 Å². The van der Waals surface area contributed by atoms with Gasteiger partial charge in [-0.2, -0.15) is 13.2 Å². The summed E-state index contributed by atoms with van der Waals surface area (Å²) in [5, 5.41) is 2.63. The number of aromatic nitrogens is 1. The summed E-state index contributed by atoms with van der Waals surface area (Å²) in [6.45, 7) is 0.487. The third kappa shape index (κ3) is 4.96. The summed E-state index contributed by atoms with van der Waals surface area (Å²) in [5.41, 5.74) is 6.07. The molecule has 0 radical (unpaired) electrons. The summed E-state index contributed by atoms with van der Waals surface area (Å²) >= 11 is 0. The third-order valence-electron chi connectivity index (χ3n) is 4.03. The first-order chi connectivity index (χ1) is 12.8. The van der Waals surface area contributed by atoms with Crippen molar-refractivity contribution in [3.63, 3.8) is 0 Å². The summed E-state index contributed by atoms with van der Waals surface area (Å²) in [4.78, 5) is 19.6. The van der Waals surface area contributed by atoms with Crippen LogP contribution in [0.15, 0.2) is 47.6 Å². The normalized spacial score (nSPS) is 16.6. The van der Waals surface area contributed by atoms with Crippen LogP contribution in [0.3, 0.4) is 0 Å². The highest BCUT2D eigenvalue weighted by Crippen LogP contribution is 2.27. The van der Waals surface area contributed by atoms with Crippen molar-refractivity contribution in [1.82, 2.24) is 4.98 Å². The third-order valence-corrected chi connectivity index (χ3v) is 4.03. The van der Waals surface area contributed by atoms with E-state index >= 15 is 0 Å². The Hall–Kier alpha value is -3.10. The highest BCUT2D eigenvalue weighted by Gasteiger charge is 2.32. The Labute approximate surface area is 153 Å². The van der Waals surface area contributed by atoms with Gasteiger partial charge in [0.05, 0.1) is 11.6 Å². The number of amides is 1. The van der Waals surface area contributed by atoms with Gasteiger partial charge in [-0.05, 0) is 42.7 Å². The number of carbonyl (C=O) groups is 1. The Bertz CT molecular complexity index is 833. The molecule has 1 atom stereocenters. The second-order valence-corrected chi connectivity index (χ2v) is 6.05. The van der Waals surface area contributed by atoms with Crippen molar-refractivity contribution in [2.24, 2.45) is 10.7 Å². The van der Waals surface area contributed by atoms with Gasteiger partial charge in [-0.3, -0.25) is 9.78 Å². The number of aryl methyl sites for hydroxylation is 1. The summed E-state index contributed by atoms with van der Waals surface area (Å²) in [7, 11) is 0. The number of aliphatic imine (C=N–C) groups is 1. The lowest BCUT2D eigenvalue weighted by Crippen LogP contribution is -2.14. The Morgan fingerprint density at radius 3 is 2.52 bits per heavy atom. The zero-order chi connectivity index (χ0) is 19.4. The van der Waals surface area contributed by atoms with Crippen molar-refractivity contribution < 1.29 is 22.7 Å². The van der Waals surface area contributed by atoms with E-state index in [4.69, 9.17) is 10.5 Å². The van der Waals surface area contributed by atoms with Crippen LogP contribution in [0.2, 0.25) is 0 Å². The minimum absolute atomic E-state index is 0.0451. The zero-order valence-corrected chi connectivity index (χ0v) is 14.2. The number of amidine groups is 1. The van der Waals surface area contributed by atoms with E-state index in [-0.39, 0.29) is 17.6 Å². The van der Waals surface area contributed by atoms with Crippen LogP contribution in [0.25, 0.3) is 0 Å². The first kappa shape index (κ1) is 18.7. The van der Waals surface area contributed by atoms with E-state index in [0.29, 0.717) is 12.3 Å². The van der Waals surface area contributed by atoms with Gasteiger partial charge in [0.1, 0.15) is 12.3 Å². The van der Waals surface area contributed by atoms with Gasteiger partial charge in [-0.1, -0.05) is 12.1 Å². The number of rotatable bonds is 5. The number of nitrogens with two attached hydrogens (primary N) is 1. The molecule has 3 N–H and O–H groups in total. The van der Waals surface area contributed by atoms with Crippen molar-refractivity contribution in [3.05, 3.63) is 59.4 Å². The van der Waals surface area contributed by atoms with Gasteiger partial charge in [0.25, 0.3) is 11.9 Å². The number of benzene rings is 1. The molecule has 0 unspecified atom stereocenters. The molecule has 1 aliphatic rings. The van der Waals surface area contributed by atoms with Gasteiger partial charge in [-0.15, -0.1) is 0 Å². The topological polar surface area (TPSA) is 89.6 Å². The number of ether oxygens (including phenoxy) is 1. The number of nitrogens with zero attached hydrogens (tertiary/aromatic N) is 2. The molecule has 9 heteroatoms. The second-order valence-electron chi connectivity index (χ2n) is 6.05. The van der Waals surface area contributed by atoms with Gasteiger partial charge >= 0.3 is 6.18 Å². The lowest BCUT2D eigenvalue weighted by Gasteiger charge is -2.09. The number of halogens is 3. The molecule has 1 aromatic heterocycles. The Morgan fingerprint density at radius 1 is 1.22 bits per heavy atom. The van der Waals surface area contributed by atoms with Crippen LogP contribution in [0.5, 0.6) is 0 Å². The molecular formula is C18H17F3N4O2. The molecule has 3 rings (SSSR count). The van der Waals surface area contributed by atoms with E-state index in [2.05, 4.69) is 15.3 Å². The van der Waals surface area contributed by atoms with Crippen LogP contribution in [-0.4, -0.2) is 29.6 Å². The average Bonchev–Trinajstić information content (AvgIpc) is 3.06. The summed E-state index contributed by atoms with van der Waals surface area (Å²) in [5.74, 6) is -0.531. The van der Waals surface area contributed by atoms with E-state index < -0.39 is 17.8 Å². The SMILES string of the molecule is NC1=N[C@@H](CCc2ccc(NC(=O)c3ccc(C(F)(F)F)nc3)cc2)CO1. The van der Waals surface area contributed by atoms with Crippen LogP contribution < -0.4 is 11.1 Å². The second kappa shape index (κ2) is 7.65. The number of hydrogen-bond donors (Lipinski definition) is 2. The van der Waals surface area contributed by atoms with Crippen molar-refractivity contribution >= 4 is 17.6 Å². The molecule has 0 saturated heterocycles. The fraction of sp³-hybridized carbons (Fsp3) is 0.278. The van der Waals surface area contributed by atoms with Crippen molar-refractivity contribution in [2.75, 3.05) is 11.9 Å². The van der Waals surface area contributed by atoms with Gasteiger partial charge in [0, 0.05) is 11.9 Å². The fourth-order valence-corrected chi connectivity index (χ4v) is 2.57. The van der Waals surface area contributed by atoms with Crippen LogP contribution in [0.4, 0.5) is 18.9 Å². The quantitative estimate of drug-likeness (QED) is 0.837. The summed E-state index contributed by atoms with van der Waals surface area (Å²) < 4.78 is 42.6. The number of hydrogen-bond acceptors (Lipinski definition) is 5. The molecule has 0 saturated carbocycles. The maximum Gasteiger partial charge on any atom is 0.433 e. The van der Waals surface area contributed by atoms with Crippen LogP contribution in [-0.2, 0) is 17.3 Å². The van der Waals surface area contributed by atoms with Crippen LogP contribution >= 0.6 is 0 Å². The lowest BCUT2D eigenvalue weighted by molar-refractivity contribution is -0.141. The fourth-order valence-electron chi connectivity index (χ4n) is 2.57. The minimum atomic E-state index is -4.54. The van der Waals surface area contributed by atoms with E-state index in [1.54, 1.807) is 12.1 Å². The Morgan fingerprint density at radius 2 is 1.96 bits per heavy atom. The van der Waals surface area contributed by atoms with E-state index in [1.807, 2.05) is 12.1 Å². The molecule has 142 valence electrons. The molecule has 0 aliphatic carbocycles. The molecule has 1 amide bonds. The van der Waals surface area contributed by atoms with Gasteiger partial charge < -0.3 is 15.8 Å². The van der Waals surface area contributed by atoms with Crippen molar-refractivity contribution in [3.8, 4) is 0 Å². The average molecular weight is 378 g/mol. The number of carbonyl (C=O) groups excluding carboxylic acids is 1. The van der Waals surface area contributed by atoms with Crippen LogP contribution in [0, 0.1) is 0 Å². The predicted molar refractivity (Wildman–Crippen MR) is 93.3 cm³/mol. The molecule has 2 heterocycles. The molecule has 0 spiro atoms. The maximum atomic E-state index is 12.5. The minimum Gasteiger partial charge on any atom is -0.463 e. The first-order valence-electron chi connectivity index (χ1n) is 8.21. The van der Waals surface area contributed by atoms with Gasteiger partial charge in [-0.25, -0.2) is 4.99 Å². The molecule has 2 aromatic rings. The number of alkyl halides is 3. The maximum absolute atomic E-state index is 12.5. The molecular weight excluding hydrogens is 361 g/mol. The van der Waals surface area contributed by atoms with E-state index in [0.717, 1.165) is 36.7 Å². The zero-order valence-electron chi connectivity index (χ0n) is 14.2. The molecule has 6 nitrogen and oxygen atoms in total. The van der Waals surface area contributed by atoms with E-state index in [9.17, 15) is 18.0 Å². The molecule has 0 fully saturated rings. The largest absolute Gasteiger partial charge is 0.463 e. The molecule has 0 bridgehead atoms. The van der Waals surface area contributed by atoms with E-state index in [1.165, 1.54) is 0 Å². The molecule has 27 heavy (non-hydrogen) atoms. The lowest BCUT2D eigenvalue weighted by atomic mass is 10.1. The summed E-state index contributed by atoms with van der Waals surface area (Å²) in [6.07, 6.45) is -2.06. The highest BCUT2D eigenvalue weighted by molar-refractivity contribution is 6.04. The Kier molecular flexibility index (Phi) is 5.29. The Balaban J connectivity index is 1.55. The number of pyridine rings is 1.